The minimum atomic E-state index is 0.0547. The predicted octanol–water partition coefficient (Wildman–Crippen LogP) is 3.81. The summed E-state index contributed by atoms with van der Waals surface area (Å²) in [5.74, 6) is 0.0547. The number of aryl methyl sites for hydroxylation is 3. The van der Waals surface area contributed by atoms with Gasteiger partial charge in [-0.1, -0.05) is 23.5 Å². The van der Waals surface area contributed by atoms with Gasteiger partial charge < -0.3 is 9.64 Å². The van der Waals surface area contributed by atoms with E-state index in [-0.39, 0.29) is 12.0 Å². The number of nitrogens with zero attached hydrogens (tertiary/aromatic N) is 4. The number of carbonyl (C=O) groups is 1. The lowest BCUT2D eigenvalue weighted by molar-refractivity contribution is 0.0584. The third kappa shape index (κ3) is 3.43. The van der Waals surface area contributed by atoms with Crippen molar-refractivity contribution in [1.29, 1.82) is 0 Å². The molecular formula is C20H24N4O2S. The lowest BCUT2D eigenvalue weighted by Crippen LogP contribution is -2.42. The van der Waals surface area contributed by atoms with E-state index in [1.165, 1.54) is 15.8 Å². The maximum Gasteiger partial charge on any atom is 0.274 e. The molecule has 4 rings (SSSR count). The Labute approximate surface area is 162 Å². The van der Waals surface area contributed by atoms with E-state index >= 15 is 0 Å². The topological polar surface area (TPSA) is 60.2 Å². The largest absolute Gasteiger partial charge is 0.467 e. The Kier molecular flexibility index (Phi) is 4.86. The highest BCUT2D eigenvalue weighted by Crippen LogP contribution is 2.33. The van der Waals surface area contributed by atoms with Gasteiger partial charge in [-0.15, -0.1) is 0 Å². The maximum absolute atomic E-state index is 12.7. The minimum Gasteiger partial charge on any atom is -0.467 e. The highest BCUT2D eigenvalue weighted by molar-refractivity contribution is 7.20. The molecule has 1 aromatic carbocycles. The summed E-state index contributed by atoms with van der Waals surface area (Å²) in [6, 6.07) is 6.03. The summed E-state index contributed by atoms with van der Waals surface area (Å²) in [4.78, 5) is 19.3. The number of ether oxygens (including phenoxy) is 1. The predicted molar refractivity (Wildman–Crippen MR) is 107 cm³/mol. The average Bonchev–Trinajstić information content (AvgIpc) is 3.32. The van der Waals surface area contributed by atoms with Crippen molar-refractivity contribution >= 4 is 27.5 Å². The molecule has 2 aromatic heterocycles. The van der Waals surface area contributed by atoms with Gasteiger partial charge in [-0.3, -0.25) is 9.48 Å². The van der Waals surface area contributed by atoms with Crippen molar-refractivity contribution in [2.24, 2.45) is 0 Å². The molecule has 0 bridgehead atoms. The summed E-state index contributed by atoms with van der Waals surface area (Å²) in [6.07, 6.45) is 3.43. The van der Waals surface area contributed by atoms with Gasteiger partial charge in [-0.25, -0.2) is 4.98 Å². The van der Waals surface area contributed by atoms with Crippen molar-refractivity contribution in [2.45, 2.75) is 46.3 Å². The Bertz CT molecular complexity index is 931. The molecule has 1 aliphatic rings. The van der Waals surface area contributed by atoms with E-state index < -0.39 is 0 Å². The quantitative estimate of drug-likeness (QED) is 0.686. The molecule has 1 aliphatic heterocycles. The summed E-state index contributed by atoms with van der Waals surface area (Å²) in [7, 11) is 0. The first-order chi connectivity index (χ1) is 13.1. The summed E-state index contributed by atoms with van der Waals surface area (Å²) in [5.41, 5.74) is 4.11. The van der Waals surface area contributed by atoms with Crippen LogP contribution in [0.1, 0.15) is 41.4 Å². The molecule has 3 aromatic rings. The SMILES string of the molecule is CCn1nccc1C(=O)N1CCC(Oc2nc3c(C)ccc(C)c3s2)CC1. The van der Waals surface area contributed by atoms with Gasteiger partial charge in [0.05, 0.1) is 10.2 Å². The first kappa shape index (κ1) is 18.0. The zero-order valence-electron chi connectivity index (χ0n) is 15.9. The molecule has 0 spiro atoms. The molecule has 0 N–H and O–H groups in total. The summed E-state index contributed by atoms with van der Waals surface area (Å²) in [5, 5.41) is 4.93. The minimum absolute atomic E-state index is 0.0547. The molecule has 0 aliphatic carbocycles. The Morgan fingerprint density at radius 3 is 2.67 bits per heavy atom. The van der Waals surface area contributed by atoms with E-state index in [4.69, 9.17) is 4.74 Å². The molecule has 142 valence electrons. The van der Waals surface area contributed by atoms with Crippen molar-refractivity contribution in [1.82, 2.24) is 19.7 Å². The monoisotopic (exact) mass is 384 g/mol. The Morgan fingerprint density at radius 2 is 1.96 bits per heavy atom. The number of benzene rings is 1. The number of carbonyl (C=O) groups excluding carboxylic acids is 1. The Hall–Kier alpha value is -2.41. The smallest absolute Gasteiger partial charge is 0.274 e. The second-order valence-corrected chi connectivity index (χ2v) is 7.96. The first-order valence-corrected chi connectivity index (χ1v) is 10.2. The summed E-state index contributed by atoms with van der Waals surface area (Å²) >= 11 is 1.62. The van der Waals surface area contributed by atoms with Gasteiger partial charge in [0, 0.05) is 38.7 Å². The second-order valence-electron chi connectivity index (χ2n) is 7.00. The van der Waals surface area contributed by atoms with Crippen molar-refractivity contribution in [3.63, 3.8) is 0 Å². The van der Waals surface area contributed by atoms with E-state index in [2.05, 4.69) is 36.1 Å². The van der Waals surface area contributed by atoms with Crippen molar-refractivity contribution < 1.29 is 9.53 Å². The molecule has 0 radical (unpaired) electrons. The first-order valence-electron chi connectivity index (χ1n) is 9.41. The van der Waals surface area contributed by atoms with Gasteiger partial charge in [-0.2, -0.15) is 5.10 Å². The van der Waals surface area contributed by atoms with Crippen LogP contribution in [0.3, 0.4) is 0 Å². The molecular weight excluding hydrogens is 360 g/mol. The highest BCUT2D eigenvalue weighted by atomic mass is 32.1. The third-order valence-corrected chi connectivity index (χ3v) is 6.24. The normalized spacial score (nSPS) is 15.4. The van der Waals surface area contributed by atoms with Crippen LogP contribution in [0.2, 0.25) is 0 Å². The van der Waals surface area contributed by atoms with Crippen LogP contribution < -0.4 is 4.74 Å². The summed E-state index contributed by atoms with van der Waals surface area (Å²) < 4.78 is 9.11. The molecule has 1 fully saturated rings. The molecule has 0 unspecified atom stereocenters. The molecule has 1 amide bonds. The van der Waals surface area contributed by atoms with Gasteiger partial charge in [0.2, 0.25) is 0 Å². The fourth-order valence-corrected chi connectivity index (χ4v) is 4.57. The Morgan fingerprint density at radius 1 is 1.22 bits per heavy atom. The zero-order valence-corrected chi connectivity index (χ0v) is 16.8. The van der Waals surface area contributed by atoms with Gasteiger partial charge in [0.25, 0.3) is 11.1 Å². The molecule has 1 saturated heterocycles. The Balaban J connectivity index is 1.41. The van der Waals surface area contributed by atoms with Gasteiger partial charge >= 0.3 is 0 Å². The number of rotatable bonds is 4. The van der Waals surface area contributed by atoms with Crippen molar-refractivity contribution in [3.05, 3.63) is 41.2 Å². The fraction of sp³-hybridized carbons (Fsp3) is 0.450. The van der Waals surface area contributed by atoms with Crippen LogP contribution in [0, 0.1) is 13.8 Å². The van der Waals surface area contributed by atoms with E-state index in [1.54, 1.807) is 28.3 Å². The van der Waals surface area contributed by atoms with E-state index in [0.29, 0.717) is 25.3 Å². The van der Waals surface area contributed by atoms with Crippen LogP contribution in [0.4, 0.5) is 0 Å². The van der Waals surface area contributed by atoms with Crippen molar-refractivity contribution in [2.75, 3.05) is 13.1 Å². The van der Waals surface area contributed by atoms with E-state index in [1.807, 2.05) is 11.8 Å². The van der Waals surface area contributed by atoms with E-state index in [0.717, 1.165) is 23.6 Å². The van der Waals surface area contributed by atoms with Gasteiger partial charge in [-0.05, 0) is 38.0 Å². The van der Waals surface area contributed by atoms with Gasteiger partial charge in [0.15, 0.2) is 0 Å². The lowest BCUT2D eigenvalue weighted by Gasteiger charge is -2.31. The second kappa shape index (κ2) is 7.31. The molecule has 6 nitrogen and oxygen atoms in total. The maximum atomic E-state index is 12.7. The number of piperidine rings is 1. The van der Waals surface area contributed by atoms with Crippen LogP contribution in [0.25, 0.3) is 10.2 Å². The number of aromatic nitrogens is 3. The molecule has 3 heterocycles. The number of thiazole rings is 1. The van der Waals surface area contributed by atoms with Crippen LogP contribution in [-0.4, -0.2) is 44.8 Å². The molecule has 7 heteroatoms. The average molecular weight is 385 g/mol. The van der Waals surface area contributed by atoms with Crippen LogP contribution >= 0.6 is 11.3 Å². The number of hydrogen-bond donors (Lipinski definition) is 0. The van der Waals surface area contributed by atoms with Crippen LogP contribution in [-0.2, 0) is 6.54 Å². The van der Waals surface area contributed by atoms with Gasteiger partial charge in [0.1, 0.15) is 11.8 Å². The highest BCUT2D eigenvalue weighted by Gasteiger charge is 2.27. The molecule has 0 atom stereocenters. The zero-order chi connectivity index (χ0) is 19.0. The number of hydrogen-bond acceptors (Lipinski definition) is 5. The number of amides is 1. The fourth-order valence-electron chi connectivity index (χ4n) is 3.54. The lowest BCUT2D eigenvalue weighted by atomic mass is 10.1. The third-order valence-electron chi connectivity index (χ3n) is 5.15. The summed E-state index contributed by atoms with van der Waals surface area (Å²) in [6.45, 7) is 8.27. The number of likely N-dealkylation sites (tertiary alicyclic amines) is 1. The standard InChI is InChI=1S/C20H24N4O2S/c1-4-24-16(7-10-21-24)19(25)23-11-8-15(9-12-23)26-20-22-17-13(2)5-6-14(3)18(17)27-20/h5-7,10,15H,4,8-9,11-12H2,1-3H3. The molecule has 0 saturated carbocycles. The van der Waals surface area contributed by atoms with Crippen LogP contribution in [0.15, 0.2) is 24.4 Å². The van der Waals surface area contributed by atoms with E-state index in [9.17, 15) is 4.79 Å². The molecule has 27 heavy (non-hydrogen) atoms. The van der Waals surface area contributed by atoms with Crippen LogP contribution in [0.5, 0.6) is 5.19 Å². The number of fused-ring (bicyclic) bond motifs is 1. The van der Waals surface area contributed by atoms with Crippen molar-refractivity contribution in [3.8, 4) is 5.19 Å².